The van der Waals surface area contributed by atoms with Crippen molar-refractivity contribution in [3.05, 3.63) is 116 Å². The molecule has 0 bridgehead atoms. The van der Waals surface area contributed by atoms with E-state index in [4.69, 9.17) is 8.85 Å². The molecule has 0 saturated heterocycles. The van der Waals surface area contributed by atoms with Gasteiger partial charge in [-0.1, -0.05) is 97.1 Å². The van der Waals surface area contributed by atoms with Crippen LogP contribution in [-0.4, -0.2) is 14.7 Å². The fraction of sp³-hybridized carbons (Fsp3) is 0.185. The molecule has 3 aromatic carbocycles. The monoisotopic (exact) mass is 412 g/mol. The van der Waals surface area contributed by atoms with E-state index in [9.17, 15) is 0 Å². The Hall–Kier alpha value is -2.88. The van der Waals surface area contributed by atoms with Gasteiger partial charge in [0, 0.05) is 16.3 Å². The average molecular weight is 413 g/mol. The first-order chi connectivity index (χ1) is 14.8. The Morgan fingerprint density at radius 3 is 1.93 bits per heavy atom. The second-order valence-electron chi connectivity index (χ2n) is 7.61. The molecule has 3 aromatic rings. The molecule has 0 N–H and O–H groups in total. The Kier molecular flexibility index (Phi) is 6.62. The molecule has 0 amide bonds. The summed E-state index contributed by atoms with van der Waals surface area (Å²) in [6.45, 7) is 4.00. The fourth-order valence-corrected chi connectivity index (χ4v) is 7.39. The normalized spacial score (nSPS) is 16.9. The highest BCUT2D eigenvalue weighted by molar-refractivity contribution is 6.93. The number of para-hydroxylation sites is 1. The average Bonchev–Trinajstić information content (AvgIpc) is 3.35. The van der Waals surface area contributed by atoms with Gasteiger partial charge in [-0.05, 0) is 31.4 Å². The molecule has 3 heteroatoms. The van der Waals surface area contributed by atoms with Gasteiger partial charge < -0.3 is 8.85 Å². The van der Waals surface area contributed by atoms with Crippen molar-refractivity contribution in [3.8, 4) is 5.75 Å². The summed E-state index contributed by atoms with van der Waals surface area (Å²) in [6, 6.07) is 30.9. The van der Waals surface area contributed by atoms with Gasteiger partial charge in [-0.3, -0.25) is 0 Å². The highest BCUT2D eigenvalue weighted by Crippen LogP contribution is 2.29. The predicted octanol–water partition coefficient (Wildman–Crippen LogP) is 5.25. The highest BCUT2D eigenvalue weighted by Gasteiger charge is 2.47. The van der Waals surface area contributed by atoms with Crippen LogP contribution >= 0.6 is 0 Å². The van der Waals surface area contributed by atoms with Gasteiger partial charge in [-0.15, -0.1) is 6.58 Å². The van der Waals surface area contributed by atoms with Crippen molar-refractivity contribution in [2.45, 2.75) is 25.4 Å². The van der Waals surface area contributed by atoms with E-state index in [0.717, 1.165) is 35.4 Å². The van der Waals surface area contributed by atoms with E-state index in [0.29, 0.717) is 5.92 Å². The minimum atomic E-state index is -3.04. The van der Waals surface area contributed by atoms with Gasteiger partial charge in [0.2, 0.25) is 0 Å². The third-order valence-electron chi connectivity index (χ3n) is 5.56. The van der Waals surface area contributed by atoms with Crippen molar-refractivity contribution in [2.75, 3.05) is 0 Å². The Morgan fingerprint density at radius 1 is 0.867 bits per heavy atom. The molecule has 2 unspecified atom stereocenters. The summed E-state index contributed by atoms with van der Waals surface area (Å²) >= 11 is 0. The lowest BCUT2D eigenvalue weighted by Gasteiger charge is -2.37. The molecule has 2 atom stereocenters. The molecule has 0 saturated carbocycles. The maximum absolute atomic E-state index is 7.13. The second kappa shape index (κ2) is 9.75. The third-order valence-corrected chi connectivity index (χ3v) is 8.90. The van der Waals surface area contributed by atoms with E-state index in [2.05, 4.69) is 67.3 Å². The molecule has 0 aromatic heterocycles. The van der Waals surface area contributed by atoms with Gasteiger partial charge in [0.15, 0.2) is 0 Å². The van der Waals surface area contributed by atoms with Crippen LogP contribution in [0.4, 0.5) is 0 Å². The summed E-state index contributed by atoms with van der Waals surface area (Å²) in [5.41, 5.74) is 0. The molecule has 0 radical (unpaired) electrons. The van der Waals surface area contributed by atoms with E-state index in [-0.39, 0.29) is 6.10 Å². The van der Waals surface area contributed by atoms with E-state index in [1.165, 1.54) is 0 Å². The van der Waals surface area contributed by atoms with E-state index in [1.54, 1.807) is 0 Å². The first kappa shape index (κ1) is 20.4. The highest BCUT2D eigenvalue weighted by atomic mass is 28.4. The molecule has 152 valence electrons. The SMILES string of the molecule is C=CCC(O[Si](Oc1ccccc1)(c1ccccc1)c1ccccc1)C1C=CCC1. The number of rotatable bonds is 9. The minimum Gasteiger partial charge on any atom is -0.514 e. The first-order valence-corrected chi connectivity index (χ1v) is 12.4. The van der Waals surface area contributed by atoms with Crippen molar-refractivity contribution in [1.82, 2.24) is 0 Å². The number of benzene rings is 3. The molecule has 4 rings (SSSR count). The van der Waals surface area contributed by atoms with Crippen LogP contribution in [0.3, 0.4) is 0 Å². The molecule has 0 aliphatic heterocycles. The molecule has 2 nitrogen and oxygen atoms in total. The maximum atomic E-state index is 7.13. The lowest BCUT2D eigenvalue weighted by atomic mass is 10.00. The van der Waals surface area contributed by atoms with E-state index < -0.39 is 8.56 Å². The maximum Gasteiger partial charge on any atom is 0.468 e. The van der Waals surface area contributed by atoms with Crippen LogP contribution < -0.4 is 14.8 Å². The number of hydrogen-bond donors (Lipinski definition) is 0. The molecular formula is C27H28O2Si. The molecule has 0 heterocycles. The summed E-state index contributed by atoms with van der Waals surface area (Å²) in [5, 5.41) is 2.21. The van der Waals surface area contributed by atoms with Crippen LogP contribution in [0.2, 0.25) is 0 Å². The van der Waals surface area contributed by atoms with E-state index in [1.807, 2.05) is 48.5 Å². The fourth-order valence-electron chi connectivity index (χ4n) is 4.07. The van der Waals surface area contributed by atoms with Crippen molar-refractivity contribution >= 4 is 18.9 Å². The topological polar surface area (TPSA) is 18.5 Å². The summed E-state index contributed by atoms with van der Waals surface area (Å²) in [7, 11) is -3.04. The van der Waals surface area contributed by atoms with Gasteiger partial charge >= 0.3 is 8.56 Å². The molecule has 0 spiro atoms. The lowest BCUT2D eigenvalue weighted by molar-refractivity contribution is 0.129. The number of allylic oxidation sites excluding steroid dienone is 1. The van der Waals surface area contributed by atoms with Crippen LogP contribution in [-0.2, 0) is 4.43 Å². The summed E-state index contributed by atoms with van der Waals surface area (Å²) in [5.74, 6) is 1.21. The molecular weight excluding hydrogens is 384 g/mol. The minimum absolute atomic E-state index is 0.0250. The Morgan fingerprint density at radius 2 is 1.43 bits per heavy atom. The van der Waals surface area contributed by atoms with Gasteiger partial charge in [-0.25, -0.2) is 0 Å². The van der Waals surface area contributed by atoms with Gasteiger partial charge in [0.25, 0.3) is 0 Å². The summed E-state index contributed by atoms with van der Waals surface area (Å²) < 4.78 is 14.0. The van der Waals surface area contributed by atoms with Gasteiger partial charge in [0.05, 0.1) is 6.10 Å². The smallest absolute Gasteiger partial charge is 0.468 e. The second-order valence-corrected chi connectivity index (χ2v) is 10.4. The van der Waals surface area contributed by atoms with Crippen molar-refractivity contribution in [1.29, 1.82) is 0 Å². The quantitative estimate of drug-likeness (QED) is 0.353. The largest absolute Gasteiger partial charge is 0.514 e. The summed E-state index contributed by atoms with van der Waals surface area (Å²) in [4.78, 5) is 0. The first-order valence-electron chi connectivity index (χ1n) is 10.6. The van der Waals surface area contributed by atoms with Crippen LogP contribution in [0.15, 0.2) is 116 Å². The Labute approximate surface area is 180 Å². The van der Waals surface area contributed by atoms with Crippen LogP contribution in [0, 0.1) is 5.92 Å². The van der Waals surface area contributed by atoms with Crippen LogP contribution in [0.1, 0.15) is 19.3 Å². The van der Waals surface area contributed by atoms with Crippen molar-refractivity contribution < 1.29 is 8.85 Å². The van der Waals surface area contributed by atoms with E-state index >= 15 is 0 Å². The third kappa shape index (κ3) is 4.48. The zero-order valence-corrected chi connectivity index (χ0v) is 18.2. The number of hydrogen-bond acceptors (Lipinski definition) is 2. The summed E-state index contributed by atoms with van der Waals surface area (Å²) in [6.07, 6.45) is 9.56. The lowest BCUT2D eigenvalue weighted by Crippen LogP contribution is -2.67. The molecule has 1 aliphatic rings. The molecule has 0 fully saturated rings. The predicted molar refractivity (Wildman–Crippen MR) is 127 cm³/mol. The van der Waals surface area contributed by atoms with Gasteiger partial charge in [-0.2, -0.15) is 0 Å². The van der Waals surface area contributed by atoms with Crippen molar-refractivity contribution in [3.63, 3.8) is 0 Å². The molecule has 1 aliphatic carbocycles. The molecule has 30 heavy (non-hydrogen) atoms. The van der Waals surface area contributed by atoms with Gasteiger partial charge in [0.1, 0.15) is 5.75 Å². The van der Waals surface area contributed by atoms with Crippen LogP contribution in [0.25, 0.3) is 0 Å². The zero-order valence-electron chi connectivity index (χ0n) is 17.2. The van der Waals surface area contributed by atoms with Crippen molar-refractivity contribution in [2.24, 2.45) is 5.92 Å². The van der Waals surface area contributed by atoms with Crippen LogP contribution in [0.5, 0.6) is 5.75 Å². The Bertz CT molecular complexity index is 914. The zero-order chi connectivity index (χ0) is 20.7. The Balaban J connectivity index is 1.84. The standard InChI is InChI=1S/C27H28O2Si/c1-2-14-27(23-15-12-13-16-23)29-30(25-19-8-4-9-20-25,26-21-10-5-11-22-26)28-24-17-6-3-7-18-24/h2-12,15,17-23,27H,1,13-14,16H2.